The standard InChI is InChI=1S/C16H20N2/c1-4-18(14-7-5-6-12(2)10-14)16-11-13(3)8-9-15(16)17/h5-11H,4,17H2,1-3H3. The summed E-state index contributed by atoms with van der Waals surface area (Å²) in [7, 11) is 0. The number of nitrogens with two attached hydrogens (primary N) is 1. The van der Waals surface area contributed by atoms with Gasteiger partial charge in [0.2, 0.25) is 0 Å². The van der Waals surface area contributed by atoms with E-state index in [9.17, 15) is 0 Å². The predicted octanol–water partition coefficient (Wildman–Crippen LogP) is 4.04. The maximum Gasteiger partial charge on any atom is 0.0646 e. The zero-order chi connectivity index (χ0) is 13.1. The highest BCUT2D eigenvalue weighted by Crippen LogP contribution is 2.31. The van der Waals surface area contributed by atoms with Gasteiger partial charge in [0, 0.05) is 12.2 Å². The average Bonchev–Trinajstić information content (AvgIpc) is 2.35. The minimum atomic E-state index is 0.823. The SMILES string of the molecule is CCN(c1cccc(C)c1)c1cc(C)ccc1N. The van der Waals surface area contributed by atoms with E-state index in [0.717, 1.165) is 17.9 Å². The third kappa shape index (κ3) is 2.48. The van der Waals surface area contributed by atoms with E-state index in [1.807, 2.05) is 12.1 Å². The van der Waals surface area contributed by atoms with Gasteiger partial charge in [-0.15, -0.1) is 0 Å². The zero-order valence-electron chi connectivity index (χ0n) is 11.3. The number of benzene rings is 2. The van der Waals surface area contributed by atoms with Gasteiger partial charge in [-0.3, -0.25) is 0 Å². The van der Waals surface area contributed by atoms with Gasteiger partial charge in [-0.2, -0.15) is 0 Å². The van der Waals surface area contributed by atoms with Crippen LogP contribution in [0.1, 0.15) is 18.1 Å². The number of hydrogen-bond acceptors (Lipinski definition) is 2. The van der Waals surface area contributed by atoms with Gasteiger partial charge in [0.1, 0.15) is 0 Å². The van der Waals surface area contributed by atoms with Crippen molar-refractivity contribution in [2.24, 2.45) is 0 Å². The quantitative estimate of drug-likeness (QED) is 0.820. The van der Waals surface area contributed by atoms with E-state index in [2.05, 4.69) is 56.0 Å². The summed E-state index contributed by atoms with van der Waals surface area (Å²) in [6.45, 7) is 7.24. The lowest BCUT2D eigenvalue weighted by molar-refractivity contribution is 1.02. The van der Waals surface area contributed by atoms with Crippen LogP contribution in [0.2, 0.25) is 0 Å². The van der Waals surface area contributed by atoms with Gasteiger partial charge < -0.3 is 10.6 Å². The van der Waals surface area contributed by atoms with Gasteiger partial charge in [0.15, 0.2) is 0 Å². The van der Waals surface area contributed by atoms with E-state index in [-0.39, 0.29) is 0 Å². The first-order chi connectivity index (χ1) is 8.61. The van der Waals surface area contributed by atoms with Gasteiger partial charge in [-0.05, 0) is 56.2 Å². The summed E-state index contributed by atoms with van der Waals surface area (Å²) in [6.07, 6.45) is 0. The van der Waals surface area contributed by atoms with Crippen molar-refractivity contribution in [3.8, 4) is 0 Å². The molecule has 2 aromatic carbocycles. The lowest BCUT2D eigenvalue weighted by atomic mass is 10.1. The average molecular weight is 240 g/mol. The molecule has 0 spiro atoms. The first kappa shape index (κ1) is 12.5. The molecule has 2 N–H and O–H groups in total. The maximum atomic E-state index is 6.10. The monoisotopic (exact) mass is 240 g/mol. The lowest BCUT2D eigenvalue weighted by Crippen LogP contribution is -2.17. The molecular weight excluding hydrogens is 220 g/mol. The molecule has 0 heterocycles. The summed E-state index contributed by atoms with van der Waals surface area (Å²) >= 11 is 0. The van der Waals surface area contributed by atoms with Crippen LogP contribution in [0.3, 0.4) is 0 Å². The molecule has 0 aromatic heterocycles. The number of nitrogen functional groups attached to an aromatic ring is 1. The van der Waals surface area contributed by atoms with Crippen molar-refractivity contribution in [1.82, 2.24) is 0 Å². The van der Waals surface area contributed by atoms with Crippen LogP contribution in [-0.4, -0.2) is 6.54 Å². The van der Waals surface area contributed by atoms with E-state index >= 15 is 0 Å². The molecule has 0 aliphatic heterocycles. The Kier molecular flexibility index (Phi) is 3.56. The summed E-state index contributed by atoms with van der Waals surface area (Å²) in [6, 6.07) is 14.7. The Morgan fingerprint density at radius 2 is 1.72 bits per heavy atom. The molecule has 0 saturated carbocycles. The third-order valence-corrected chi connectivity index (χ3v) is 3.11. The van der Waals surface area contributed by atoms with E-state index in [0.29, 0.717) is 0 Å². The van der Waals surface area contributed by atoms with E-state index < -0.39 is 0 Å². The van der Waals surface area contributed by atoms with Crippen molar-refractivity contribution in [3.05, 3.63) is 53.6 Å². The number of hydrogen-bond donors (Lipinski definition) is 1. The fourth-order valence-corrected chi connectivity index (χ4v) is 2.18. The van der Waals surface area contributed by atoms with Crippen molar-refractivity contribution in [1.29, 1.82) is 0 Å². The molecule has 0 amide bonds. The first-order valence-corrected chi connectivity index (χ1v) is 6.32. The summed E-state index contributed by atoms with van der Waals surface area (Å²) in [5.74, 6) is 0. The molecule has 18 heavy (non-hydrogen) atoms. The molecule has 0 bridgehead atoms. The molecule has 0 fully saturated rings. The highest BCUT2D eigenvalue weighted by Gasteiger charge is 2.10. The van der Waals surface area contributed by atoms with Crippen LogP contribution in [0, 0.1) is 13.8 Å². The summed E-state index contributed by atoms with van der Waals surface area (Å²) < 4.78 is 0. The van der Waals surface area contributed by atoms with Gasteiger partial charge in [0.05, 0.1) is 11.4 Å². The van der Waals surface area contributed by atoms with Crippen LogP contribution < -0.4 is 10.6 Å². The fourth-order valence-electron chi connectivity index (χ4n) is 2.18. The molecule has 2 rings (SSSR count). The number of aryl methyl sites for hydroxylation is 2. The molecule has 2 heteroatoms. The lowest BCUT2D eigenvalue weighted by Gasteiger charge is -2.25. The second-order valence-corrected chi connectivity index (χ2v) is 4.65. The second-order valence-electron chi connectivity index (χ2n) is 4.65. The Labute approximate surface area is 109 Å². The second kappa shape index (κ2) is 5.13. The predicted molar refractivity (Wildman–Crippen MR) is 79.5 cm³/mol. The Morgan fingerprint density at radius 1 is 1.00 bits per heavy atom. The Balaban J connectivity index is 2.48. The molecule has 0 aliphatic carbocycles. The highest BCUT2D eigenvalue weighted by atomic mass is 15.1. The molecule has 2 nitrogen and oxygen atoms in total. The number of nitrogens with zero attached hydrogens (tertiary/aromatic N) is 1. The van der Waals surface area contributed by atoms with E-state index in [1.165, 1.54) is 16.8 Å². The topological polar surface area (TPSA) is 29.3 Å². The van der Waals surface area contributed by atoms with Crippen LogP contribution in [0.5, 0.6) is 0 Å². The van der Waals surface area contributed by atoms with E-state index in [4.69, 9.17) is 5.73 Å². The van der Waals surface area contributed by atoms with Gasteiger partial charge in [-0.1, -0.05) is 18.2 Å². The van der Waals surface area contributed by atoms with Crippen LogP contribution >= 0.6 is 0 Å². The minimum absolute atomic E-state index is 0.823. The largest absolute Gasteiger partial charge is 0.397 e. The van der Waals surface area contributed by atoms with Gasteiger partial charge in [0.25, 0.3) is 0 Å². The molecular formula is C16H20N2. The molecule has 94 valence electrons. The van der Waals surface area contributed by atoms with Gasteiger partial charge in [-0.25, -0.2) is 0 Å². The highest BCUT2D eigenvalue weighted by molar-refractivity contribution is 5.75. The molecule has 0 radical (unpaired) electrons. The van der Waals surface area contributed by atoms with Crippen LogP contribution in [0.25, 0.3) is 0 Å². The summed E-state index contributed by atoms with van der Waals surface area (Å²) in [5, 5.41) is 0. The molecule has 0 aliphatic rings. The van der Waals surface area contributed by atoms with Gasteiger partial charge >= 0.3 is 0 Å². The fraction of sp³-hybridized carbons (Fsp3) is 0.250. The minimum Gasteiger partial charge on any atom is -0.397 e. The zero-order valence-corrected chi connectivity index (χ0v) is 11.3. The van der Waals surface area contributed by atoms with Crippen molar-refractivity contribution < 1.29 is 0 Å². The van der Waals surface area contributed by atoms with Crippen LogP contribution in [0.4, 0.5) is 17.1 Å². The summed E-state index contributed by atoms with van der Waals surface area (Å²) in [4.78, 5) is 2.25. The Hall–Kier alpha value is -1.96. The number of rotatable bonds is 3. The normalized spacial score (nSPS) is 10.4. The van der Waals surface area contributed by atoms with Crippen molar-refractivity contribution in [2.45, 2.75) is 20.8 Å². The molecule has 0 atom stereocenters. The van der Waals surface area contributed by atoms with Crippen molar-refractivity contribution in [3.63, 3.8) is 0 Å². The maximum absolute atomic E-state index is 6.10. The summed E-state index contributed by atoms with van der Waals surface area (Å²) in [5.41, 5.74) is 11.7. The smallest absolute Gasteiger partial charge is 0.0646 e. The third-order valence-electron chi connectivity index (χ3n) is 3.11. The Morgan fingerprint density at radius 3 is 2.39 bits per heavy atom. The first-order valence-electron chi connectivity index (χ1n) is 6.32. The van der Waals surface area contributed by atoms with E-state index in [1.54, 1.807) is 0 Å². The van der Waals surface area contributed by atoms with Crippen molar-refractivity contribution >= 4 is 17.1 Å². The molecule has 0 unspecified atom stereocenters. The molecule has 0 saturated heterocycles. The van der Waals surface area contributed by atoms with Crippen LogP contribution in [0.15, 0.2) is 42.5 Å². The Bertz CT molecular complexity index is 547. The number of anilines is 3. The van der Waals surface area contributed by atoms with Crippen molar-refractivity contribution in [2.75, 3.05) is 17.2 Å². The van der Waals surface area contributed by atoms with Crippen LogP contribution in [-0.2, 0) is 0 Å². The molecule has 2 aromatic rings.